The molecule has 1 heterocycles. The summed E-state index contributed by atoms with van der Waals surface area (Å²) in [5.74, 6) is -0.146. The minimum Gasteiger partial charge on any atom is -0.313 e. The third-order valence-electron chi connectivity index (χ3n) is 2.99. The summed E-state index contributed by atoms with van der Waals surface area (Å²) in [5.41, 5.74) is 0. The van der Waals surface area contributed by atoms with Gasteiger partial charge >= 0.3 is 0 Å². The molecule has 0 spiro atoms. The van der Waals surface area contributed by atoms with Gasteiger partial charge in [-0.2, -0.15) is 4.31 Å². The summed E-state index contributed by atoms with van der Waals surface area (Å²) in [6, 6.07) is 0.226. The molecule has 0 radical (unpaired) electrons. The molecule has 6 nitrogen and oxygen atoms in total. The Kier molecular flexibility index (Phi) is 5.16. The molecule has 1 aliphatic heterocycles. The zero-order valence-corrected chi connectivity index (χ0v) is 12.7. The highest BCUT2D eigenvalue weighted by atomic mass is 32.2. The van der Waals surface area contributed by atoms with Crippen molar-refractivity contribution in [2.24, 2.45) is 0 Å². The summed E-state index contributed by atoms with van der Waals surface area (Å²) in [4.78, 5) is 0. The SMILES string of the molecule is CC(C)NCC(C)S(=O)(=O)N1CCS(=O)(=O)CC1. The lowest BCUT2D eigenvalue weighted by Crippen LogP contribution is -2.49. The fourth-order valence-electron chi connectivity index (χ4n) is 1.71. The van der Waals surface area contributed by atoms with Gasteiger partial charge in [0, 0.05) is 25.7 Å². The van der Waals surface area contributed by atoms with E-state index in [-0.39, 0.29) is 30.6 Å². The van der Waals surface area contributed by atoms with Crippen LogP contribution < -0.4 is 5.32 Å². The molecule has 0 bridgehead atoms. The summed E-state index contributed by atoms with van der Waals surface area (Å²) in [6.45, 7) is 6.09. The average molecular weight is 298 g/mol. The predicted octanol–water partition coefficient (Wildman–Crippen LogP) is -0.567. The van der Waals surface area contributed by atoms with Gasteiger partial charge in [0.15, 0.2) is 9.84 Å². The Hall–Kier alpha value is -0.180. The number of nitrogens with zero attached hydrogens (tertiary/aromatic N) is 1. The second-order valence-corrected chi connectivity index (χ2v) is 9.62. The lowest BCUT2D eigenvalue weighted by atomic mass is 10.3. The maximum atomic E-state index is 12.2. The van der Waals surface area contributed by atoms with Gasteiger partial charge in [-0.1, -0.05) is 13.8 Å². The molecular weight excluding hydrogens is 276 g/mol. The second kappa shape index (κ2) is 5.85. The summed E-state index contributed by atoms with van der Waals surface area (Å²) >= 11 is 0. The molecule has 0 saturated carbocycles. The van der Waals surface area contributed by atoms with E-state index in [0.717, 1.165) is 0 Å². The monoisotopic (exact) mass is 298 g/mol. The number of rotatable bonds is 5. The van der Waals surface area contributed by atoms with Gasteiger partial charge in [-0.15, -0.1) is 0 Å². The standard InChI is InChI=1S/C10H22N2O4S2/c1-9(2)11-8-10(3)18(15,16)12-4-6-17(13,14)7-5-12/h9-11H,4-8H2,1-3H3. The molecule has 0 aliphatic carbocycles. The molecule has 0 amide bonds. The molecule has 1 saturated heterocycles. The van der Waals surface area contributed by atoms with Gasteiger partial charge in [-0.25, -0.2) is 16.8 Å². The van der Waals surface area contributed by atoms with Gasteiger partial charge in [0.05, 0.1) is 16.8 Å². The number of hydrogen-bond acceptors (Lipinski definition) is 5. The van der Waals surface area contributed by atoms with E-state index in [4.69, 9.17) is 0 Å². The molecule has 1 fully saturated rings. The molecule has 0 aromatic carbocycles. The van der Waals surface area contributed by atoms with Crippen molar-refractivity contribution >= 4 is 19.9 Å². The van der Waals surface area contributed by atoms with Crippen molar-refractivity contribution in [3.63, 3.8) is 0 Å². The lowest BCUT2D eigenvalue weighted by molar-refractivity contribution is 0.420. The fraction of sp³-hybridized carbons (Fsp3) is 1.00. The van der Waals surface area contributed by atoms with E-state index in [2.05, 4.69) is 5.32 Å². The number of nitrogens with one attached hydrogen (secondary N) is 1. The van der Waals surface area contributed by atoms with Gasteiger partial charge in [-0.3, -0.25) is 0 Å². The first-order valence-electron chi connectivity index (χ1n) is 6.08. The highest BCUT2D eigenvalue weighted by Crippen LogP contribution is 2.13. The van der Waals surface area contributed by atoms with E-state index in [1.54, 1.807) is 6.92 Å². The number of hydrogen-bond donors (Lipinski definition) is 1. The van der Waals surface area contributed by atoms with Crippen LogP contribution in [0.2, 0.25) is 0 Å². The van der Waals surface area contributed by atoms with Gasteiger partial charge in [-0.05, 0) is 6.92 Å². The van der Waals surface area contributed by atoms with Crippen LogP contribution in [0.25, 0.3) is 0 Å². The molecule has 8 heteroatoms. The molecule has 18 heavy (non-hydrogen) atoms. The van der Waals surface area contributed by atoms with Crippen LogP contribution in [0, 0.1) is 0 Å². The Morgan fingerprint density at radius 3 is 2.11 bits per heavy atom. The van der Waals surface area contributed by atoms with Crippen molar-refractivity contribution in [3.8, 4) is 0 Å². The average Bonchev–Trinajstić information content (AvgIpc) is 2.25. The maximum absolute atomic E-state index is 12.2. The van der Waals surface area contributed by atoms with Crippen LogP contribution in [0.5, 0.6) is 0 Å². The topological polar surface area (TPSA) is 83.6 Å². The van der Waals surface area contributed by atoms with Crippen molar-refractivity contribution in [2.45, 2.75) is 32.1 Å². The third-order valence-corrected chi connectivity index (χ3v) is 6.86. The van der Waals surface area contributed by atoms with Crippen molar-refractivity contribution in [1.82, 2.24) is 9.62 Å². The first kappa shape index (κ1) is 15.9. The van der Waals surface area contributed by atoms with Crippen LogP contribution in [0.3, 0.4) is 0 Å². The zero-order valence-electron chi connectivity index (χ0n) is 11.1. The minimum absolute atomic E-state index is 0.0729. The van der Waals surface area contributed by atoms with Crippen molar-refractivity contribution in [2.75, 3.05) is 31.1 Å². The summed E-state index contributed by atoms with van der Waals surface area (Å²) in [6.07, 6.45) is 0. The van der Waals surface area contributed by atoms with Crippen LogP contribution in [-0.4, -0.2) is 63.6 Å². The van der Waals surface area contributed by atoms with E-state index in [0.29, 0.717) is 6.54 Å². The van der Waals surface area contributed by atoms with Crippen LogP contribution in [-0.2, 0) is 19.9 Å². The molecule has 1 atom stereocenters. The third kappa shape index (κ3) is 4.18. The van der Waals surface area contributed by atoms with Crippen molar-refractivity contribution < 1.29 is 16.8 Å². The molecule has 1 aliphatic rings. The Morgan fingerprint density at radius 2 is 1.67 bits per heavy atom. The predicted molar refractivity (Wildman–Crippen MR) is 71.7 cm³/mol. The largest absolute Gasteiger partial charge is 0.313 e. The zero-order chi connectivity index (χ0) is 14.0. The summed E-state index contributed by atoms with van der Waals surface area (Å²) in [5, 5.41) is 2.54. The Balaban J connectivity index is 2.64. The highest BCUT2D eigenvalue weighted by molar-refractivity contribution is 7.92. The summed E-state index contributed by atoms with van der Waals surface area (Å²) in [7, 11) is -6.45. The number of sulfone groups is 1. The first-order valence-corrected chi connectivity index (χ1v) is 9.40. The Labute approximate surface area is 110 Å². The van der Waals surface area contributed by atoms with Gasteiger partial charge in [0.25, 0.3) is 0 Å². The molecule has 0 aromatic heterocycles. The fourth-order valence-corrected chi connectivity index (χ4v) is 4.65. The van der Waals surface area contributed by atoms with Crippen LogP contribution in [0.1, 0.15) is 20.8 Å². The Morgan fingerprint density at radius 1 is 1.17 bits per heavy atom. The minimum atomic E-state index is -3.40. The van der Waals surface area contributed by atoms with E-state index < -0.39 is 25.1 Å². The van der Waals surface area contributed by atoms with Crippen LogP contribution in [0.15, 0.2) is 0 Å². The molecule has 108 valence electrons. The smallest absolute Gasteiger partial charge is 0.218 e. The summed E-state index contributed by atoms with van der Waals surface area (Å²) < 4.78 is 48.2. The van der Waals surface area contributed by atoms with Crippen molar-refractivity contribution in [3.05, 3.63) is 0 Å². The quantitative estimate of drug-likeness (QED) is 0.735. The van der Waals surface area contributed by atoms with Crippen molar-refractivity contribution in [1.29, 1.82) is 0 Å². The van der Waals surface area contributed by atoms with E-state index >= 15 is 0 Å². The molecule has 1 N–H and O–H groups in total. The van der Waals surface area contributed by atoms with Gasteiger partial charge < -0.3 is 5.32 Å². The Bertz CT molecular complexity index is 456. The second-order valence-electron chi connectivity index (χ2n) is 4.97. The van der Waals surface area contributed by atoms with E-state index in [1.165, 1.54) is 4.31 Å². The maximum Gasteiger partial charge on any atom is 0.218 e. The van der Waals surface area contributed by atoms with E-state index in [1.807, 2.05) is 13.8 Å². The molecule has 0 aromatic rings. The van der Waals surface area contributed by atoms with Gasteiger partial charge in [0.2, 0.25) is 10.0 Å². The normalized spacial score (nSPS) is 23.1. The first-order chi connectivity index (χ1) is 8.15. The highest BCUT2D eigenvalue weighted by Gasteiger charge is 2.33. The molecular formula is C10H22N2O4S2. The van der Waals surface area contributed by atoms with Crippen LogP contribution >= 0.6 is 0 Å². The number of sulfonamides is 1. The van der Waals surface area contributed by atoms with Gasteiger partial charge in [0.1, 0.15) is 0 Å². The lowest BCUT2D eigenvalue weighted by Gasteiger charge is -2.29. The van der Waals surface area contributed by atoms with E-state index in [9.17, 15) is 16.8 Å². The molecule has 1 rings (SSSR count). The van der Waals surface area contributed by atoms with Crippen LogP contribution in [0.4, 0.5) is 0 Å². The molecule has 1 unspecified atom stereocenters.